The Morgan fingerprint density at radius 3 is 2.27 bits per heavy atom. The zero-order valence-electron chi connectivity index (χ0n) is 13.8. The van der Waals surface area contributed by atoms with Gasteiger partial charge in [0.25, 0.3) is 17.5 Å². The highest BCUT2D eigenvalue weighted by molar-refractivity contribution is 6.21. The Balaban J connectivity index is 1.65. The molecule has 8 nitrogen and oxygen atoms in total. The molecule has 3 rings (SSSR count). The Morgan fingerprint density at radius 2 is 1.69 bits per heavy atom. The first-order valence-electron chi connectivity index (χ1n) is 7.78. The maximum Gasteiger partial charge on any atom is 0.338 e. The number of carbonyl (C=O) groups is 3. The minimum atomic E-state index is -0.747. The molecule has 0 spiro atoms. The van der Waals surface area contributed by atoms with Crippen LogP contribution in [0.3, 0.4) is 0 Å². The van der Waals surface area contributed by atoms with Crippen LogP contribution in [0, 0.1) is 17.0 Å². The number of carbonyl (C=O) groups excluding carboxylic acids is 3. The van der Waals surface area contributed by atoms with Crippen molar-refractivity contribution in [2.24, 2.45) is 0 Å². The van der Waals surface area contributed by atoms with Gasteiger partial charge in [0.2, 0.25) is 0 Å². The fraction of sp³-hybridized carbons (Fsp3) is 0.167. The van der Waals surface area contributed by atoms with Crippen LogP contribution in [0.25, 0.3) is 0 Å². The minimum Gasteiger partial charge on any atom is -0.460 e. The lowest BCUT2D eigenvalue weighted by atomic mass is 10.1. The van der Waals surface area contributed by atoms with E-state index in [0.717, 1.165) is 4.90 Å². The van der Waals surface area contributed by atoms with E-state index in [9.17, 15) is 24.5 Å². The fourth-order valence-electron chi connectivity index (χ4n) is 2.79. The number of rotatable bonds is 5. The van der Waals surface area contributed by atoms with Crippen LogP contribution in [0.2, 0.25) is 0 Å². The molecule has 2 aromatic rings. The van der Waals surface area contributed by atoms with Crippen LogP contribution in [0.15, 0.2) is 42.5 Å². The predicted molar refractivity (Wildman–Crippen MR) is 89.9 cm³/mol. The lowest BCUT2D eigenvalue weighted by Crippen LogP contribution is -2.33. The number of ether oxygens (including phenoxy) is 1. The van der Waals surface area contributed by atoms with Gasteiger partial charge in [-0.25, -0.2) is 4.79 Å². The average molecular weight is 354 g/mol. The Bertz CT molecular complexity index is 902. The molecule has 0 aromatic heterocycles. The Hall–Kier alpha value is -3.55. The standard InChI is InChI=1S/C18H14N2O6/c1-11-12(7-4-8-15(11)20(24)25)18(23)26-10-9-19-16(21)13-5-2-3-6-14(13)17(19)22/h2-8H,9-10H2,1H3. The normalized spacial score (nSPS) is 12.9. The van der Waals surface area contributed by atoms with Crippen molar-refractivity contribution in [2.75, 3.05) is 13.2 Å². The zero-order valence-corrected chi connectivity index (χ0v) is 13.8. The number of hydrogen-bond donors (Lipinski definition) is 0. The molecule has 0 saturated carbocycles. The summed E-state index contributed by atoms with van der Waals surface area (Å²) in [6, 6.07) is 10.6. The van der Waals surface area contributed by atoms with Gasteiger partial charge in [0.05, 0.1) is 28.2 Å². The third kappa shape index (κ3) is 2.92. The van der Waals surface area contributed by atoms with Crippen LogP contribution in [0.4, 0.5) is 5.69 Å². The van der Waals surface area contributed by atoms with Crippen molar-refractivity contribution in [1.82, 2.24) is 4.90 Å². The zero-order chi connectivity index (χ0) is 18.8. The van der Waals surface area contributed by atoms with Gasteiger partial charge >= 0.3 is 5.97 Å². The van der Waals surface area contributed by atoms with Crippen molar-refractivity contribution in [3.8, 4) is 0 Å². The van der Waals surface area contributed by atoms with Gasteiger partial charge in [-0.3, -0.25) is 24.6 Å². The topological polar surface area (TPSA) is 107 Å². The SMILES string of the molecule is Cc1c(C(=O)OCCN2C(=O)c3ccccc3C2=O)cccc1[N+](=O)[O-]. The van der Waals surface area contributed by atoms with Crippen molar-refractivity contribution < 1.29 is 24.0 Å². The van der Waals surface area contributed by atoms with Gasteiger partial charge in [0.15, 0.2) is 0 Å². The molecule has 0 saturated heterocycles. The third-order valence-electron chi connectivity index (χ3n) is 4.15. The smallest absolute Gasteiger partial charge is 0.338 e. The molecule has 0 N–H and O–H groups in total. The second kappa shape index (κ2) is 6.75. The average Bonchev–Trinajstić information content (AvgIpc) is 2.86. The van der Waals surface area contributed by atoms with E-state index in [1.54, 1.807) is 24.3 Å². The quantitative estimate of drug-likeness (QED) is 0.353. The molecule has 0 radical (unpaired) electrons. The second-order valence-electron chi connectivity index (χ2n) is 5.65. The molecule has 1 aliphatic heterocycles. The second-order valence-corrected chi connectivity index (χ2v) is 5.65. The largest absolute Gasteiger partial charge is 0.460 e. The van der Waals surface area contributed by atoms with Gasteiger partial charge < -0.3 is 4.74 Å². The van der Waals surface area contributed by atoms with Crippen LogP contribution in [-0.2, 0) is 4.74 Å². The molecular formula is C18H14N2O6. The van der Waals surface area contributed by atoms with Crippen molar-refractivity contribution in [2.45, 2.75) is 6.92 Å². The molecule has 0 unspecified atom stereocenters. The summed E-state index contributed by atoms with van der Waals surface area (Å²) >= 11 is 0. The molecule has 8 heteroatoms. The van der Waals surface area contributed by atoms with Crippen LogP contribution in [-0.4, -0.2) is 40.8 Å². The first-order chi connectivity index (χ1) is 12.4. The summed E-state index contributed by atoms with van der Waals surface area (Å²) in [5.41, 5.74) is 0.723. The van der Waals surface area contributed by atoms with E-state index in [4.69, 9.17) is 4.74 Å². The van der Waals surface area contributed by atoms with Gasteiger partial charge in [-0.05, 0) is 25.1 Å². The molecule has 0 bridgehead atoms. The van der Waals surface area contributed by atoms with Crippen molar-refractivity contribution in [3.63, 3.8) is 0 Å². The number of fused-ring (bicyclic) bond motifs is 1. The number of nitro benzene ring substituents is 1. The van der Waals surface area contributed by atoms with Gasteiger partial charge in [0, 0.05) is 11.6 Å². The monoisotopic (exact) mass is 354 g/mol. The lowest BCUT2D eigenvalue weighted by Gasteiger charge is -2.14. The van der Waals surface area contributed by atoms with Crippen molar-refractivity contribution in [3.05, 3.63) is 74.8 Å². The summed E-state index contributed by atoms with van der Waals surface area (Å²) in [7, 11) is 0. The van der Waals surface area contributed by atoms with Crippen LogP contribution >= 0.6 is 0 Å². The highest BCUT2D eigenvalue weighted by Gasteiger charge is 2.34. The van der Waals surface area contributed by atoms with E-state index in [1.165, 1.54) is 25.1 Å². The molecule has 0 aliphatic carbocycles. The number of nitrogens with zero attached hydrogens (tertiary/aromatic N) is 2. The Kier molecular flexibility index (Phi) is 4.49. The summed E-state index contributed by atoms with van der Waals surface area (Å²) in [5, 5.41) is 10.9. The molecule has 0 fully saturated rings. The predicted octanol–water partition coefficient (Wildman–Crippen LogP) is 2.36. The minimum absolute atomic E-state index is 0.0709. The third-order valence-corrected chi connectivity index (χ3v) is 4.15. The number of benzene rings is 2. The van der Waals surface area contributed by atoms with Crippen LogP contribution in [0.1, 0.15) is 36.6 Å². The molecule has 0 atom stereocenters. The molecular weight excluding hydrogens is 340 g/mol. The number of hydrogen-bond acceptors (Lipinski definition) is 6. The Morgan fingerprint density at radius 1 is 1.08 bits per heavy atom. The maximum absolute atomic E-state index is 12.2. The summed E-state index contributed by atoms with van der Waals surface area (Å²) in [6.07, 6.45) is 0. The van der Waals surface area contributed by atoms with Crippen molar-refractivity contribution >= 4 is 23.5 Å². The first kappa shape index (κ1) is 17.3. The van der Waals surface area contributed by atoms with Gasteiger partial charge in [-0.15, -0.1) is 0 Å². The van der Waals surface area contributed by atoms with Gasteiger partial charge in [-0.2, -0.15) is 0 Å². The van der Waals surface area contributed by atoms with Crippen molar-refractivity contribution in [1.29, 1.82) is 0 Å². The maximum atomic E-state index is 12.2. The molecule has 1 heterocycles. The molecule has 2 aromatic carbocycles. The van der Waals surface area contributed by atoms with E-state index in [2.05, 4.69) is 0 Å². The number of imide groups is 1. The van der Waals surface area contributed by atoms with E-state index in [1.807, 2.05) is 0 Å². The fourth-order valence-corrected chi connectivity index (χ4v) is 2.79. The molecule has 26 heavy (non-hydrogen) atoms. The van der Waals surface area contributed by atoms with E-state index >= 15 is 0 Å². The van der Waals surface area contributed by atoms with E-state index < -0.39 is 22.7 Å². The summed E-state index contributed by atoms with van der Waals surface area (Å²) in [4.78, 5) is 48.0. The first-order valence-corrected chi connectivity index (χ1v) is 7.78. The molecule has 132 valence electrons. The molecule has 2 amide bonds. The highest BCUT2D eigenvalue weighted by Crippen LogP contribution is 2.23. The molecule has 1 aliphatic rings. The number of nitro groups is 1. The Labute approximate surface area is 148 Å². The highest BCUT2D eigenvalue weighted by atomic mass is 16.6. The van der Waals surface area contributed by atoms with Crippen LogP contribution < -0.4 is 0 Å². The summed E-state index contributed by atoms with van der Waals surface area (Å²) in [5.74, 6) is -1.62. The number of amides is 2. The van der Waals surface area contributed by atoms with Gasteiger partial charge in [0.1, 0.15) is 6.61 Å². The lowest BCUT2D eigenvalue weighted by molar-refractivity contribution is -0.385. The van der Waals surface area contributed by atoms with E-state index in [-0.39, 0.29) is 30.0 Å². The van der Waals surface area contributed by atoms with Crippen LogP contribution in [0.5, 0.6) is 0 Å². The summed E-state index contributed by atoms with van der Waals surface area (Å²) in [6.45, 7) is 1.16. The van der Waals surface area contributed by atoms with E-state index in [0.29, 0.717) is 11.1 Å². The number of esters is 1. The van der Waals surface area contributed by atoms with Gasteiger partial charge in [-0.1, -0.05) is 18.2 Å². The summed E-state index contributed by atoms with van der Waals surface area (Å²) < 4.78 is 5.09.